The number of benzene rings is 2. The number of nitrogens with zero attached hydrogens (tertiary/aromatic N) is 3. The summed E-state index contributed by atoms with van der Waals surface area (Å²) >= 11 is 6.06. The Balaban J connectivity index is 1.85. The molecule has 0 unspecified atom stereocenters. The van der Waals surface area contributed by atoms with Gasteiger partial charge in [0.05, 0.1) is 17.8 Å². The molecule has 3 nitrogen and oxygen atoms in total. The third-order valence-corrected chi connectivity index (χ3v) is 4.19. The van der Waals surface area contributed by atoms with Crippen molar-refractivity contribution in [2.45, 2.75) is 6.54 Å². The number of pyridine rings is 1. The molecule has 4 rings (SSSR count). The van der Waals surface area contributed by atoms with Crippen molar-refractivity contribution in [2.24, 2.45) is 0 Å². The lowest BCUT2D eigenvalue weighted by Crippen LogP contribution is -2.04. The molecule has 0 fully saturated rings. The first-order valence-corrected chi connectivity index (χ1v) is 8.01. The summed E-state index contributed by atoms with van der Waals surface area (Å²) in [5.41, 5.74) is 2.51. The maximum absolute atomic E-state index is 14.0. The van der Waals surface area contributed by atoms with Crippen molar-refractivity contribution in [1.29, 1.82) is 0 Å². The Morgan fingerprint density at radius 1 is 1.00 bits per heavy atom. The van der Waals surface area contributed by atoms with Gasteiger partial charge < -0.3 is 0 Å². The van der Waals surface area contributed by atoms with Crippen LogP contribution in [-0.2, 0) is 6.54 Å². The minimum absolute atomic E-state index is 0.188. The van der Waals surface area contributed by atoms with Crippen LogP contribution < -0.4 is 0 Å². The van der Waals surface area contributed by atoms with Gasteiger partial charge in [0, 0.05) is 28.2 Å². The highest BCUT2D eigenvalue weighted by molar-refractivity contribution is 6.30. The number of fused-ring (bicyclic) bond motifs is 1. The number of aromatic nitrogens is 3. The molecule has 0 radical (unpaired) electrons. The molecule has 2 aromatic heterocycles. The first kappa shape index (κ1) is 15.7. The molecule has 0 N–H and O–H groups in total. The van der Waals surface area contributed by atoms with E-state index in [9.17, 15) is 8.78 Å². The van der Waals surface area contributed by atoms with E-state index in [-0.39, 0.29) is 6.54 Å². The highest BCUT2D eigenvalue weighted by atomic mass is 35.5. The van der Waals surface area contributed by atoms with Crippen LogP contribution in [0, 0.1) is 11.6 Å². The van der Waals surface area contributed by atoms with Crippen molar-refractivity contribution in [2.75, 3.05) is 0 Å². The fourth-order valence-corrected chi connectivity index (χ4v) is 2.94. The van der Waals surface area contributed by atoms with Gasteiger partial charge in [-0.1, -0.05) is 35.9 Å². The lowest BCUT2D eigenvalue weighted by atomic mass is 10.1. The fourth-order valence-electron chi connectivity index (χ4n) is 2.78. The molecular weight excluding hydrogens is 344 g/mol. The molecule has 0 saturated heterocycles. The predicted octanol–water partition coefficient (Wildman–Crippen LogP) is 5.08. The molecule has 0 bridgehead atoms. The molecule has 0 spiro atoms. The first-order valence-electron chi connectivity index (χ1n) is 7.63. The van der Waals surface area contributed by atoms with E-state index in [2.05, 4.69) is 10.1 Å². The van der Waals surface area contributed by atoms with Crippen LogP contribution in [0.1, 0.15) is 5.56 Å². The van der Waals surface area contributed by atoms with Gasteiger partial charge in [-0.2, -0.15) is 5.10 Å². The topological polar surface area (TPSA) is 30.7 Å². The van der Waals surface area contributed by atoms with Crippen molar-refractivity contribution >= 4 is 22.5 Å². The molecule has 0 aliphatic heterocycles. The van der Waals surface area contributed by atoms with E-state index < -0.39 is 11.6 Å². The van der Waals surface area contributed by atoms with Gasteiger partial charge >= 0.3 is 0 Å². The second-order valence-electron chi connectivity index (χ2n) is 5.62. The Morgan fingerprint density at radius 2 is 1.84 bits per heavy atom. The number of halogens is 3. The summed E-state index contributed by atoms with van der Waals surface area (Å²) in [6.07, 6.45) is 1.62. The van der Waals surface area contributed by atoms with Gasteiger partial charge in [-0.3, -0.25) is 9.67 Å². The van der Waals surface area contributed by atoms with Gasteiger partial charge in [0.15, 0.2) is 0 Å². The van der Waals surface area contributed by atoms with Crippen molar-refractivity contribution < 1.29 is 8.78 Å². The van der Waals surface area contributed by atoms with Crippen LogP contribution in [0.5, 0.6) is 0 Å². The van der Waals surface area contributed by atoms with E-state index in [1.807, 2.05) is 24.3 Å². The van der Waals surface area contributed by atoms with Gasteiger partial charge in [0.1, 0.15) is 17.3 Å². The third-order valence-electron chi connectivity index (χ3n) is 3.96. The van der Waals surface area contributed by atoms with Crippen molar-refractivity contribution in [1.82, 2.24) is 14.8 Å². The lowest BCUT2D eigenvalue weighted by Gasteiger charge is -2.05. The second-order valence-corrected chi connectivity index (χ2v) is 6.05. The summed E-state index contributed by atoms with van der Waals surface area (Å²) < 4.78 is 28.8. The Morgan fingerprint density at radius 3 is 2.64 bits per heavy atom. The Bertz CT molecular complexity index is 1080. The van der Waals surface area contributed by atoms with Crippen LogP contribution in [0.25, 0.3) is 22.3 Å². The highest BCUT2D eigenvalue weighted by Crippen LogP contribution is 2.28. The van der Waals surface area contributed by atoms with Crippen molar-refractivity contribution in [3.8, 4) is 11.4 Å². The van der Waals surface area contributed by atoms with Gasteiger partial charge in [-0.15, -0.1) is 0 Å². The molecule has 0 saturated carbocycles. The fraction of sp³-hybridized carbons (Fsp3) is 0.0526. The quantitative estimate of drug-likeness (QED) is 0.513. The molecule has 25 heavy (non-hydrogen) atoms. The molecule has 4 aromatic rings. The van der Waals surface area contributed by atoms with E-state index in [1.165, 1.54) is 12.1 Å². The average Bonchev–Trinajstić information content (AvgIpc) is 2.96. The zero-order valence-corrected chi connectivity index (χ0v) is 13.7. The summed E-state index contributed by atoms with van der Waals surface area (Å²) in [5.74, 6) is -1.20. The second kappa shape index (κ2) is 6.26. The van der Waals surface area contributed by atoms with Gasteiger partial charge in [0.25, 0.3) is 0 Å². The van der Waals surface area contributed by atoms with E-state index in [1.54, 1.807) is 23.0 Å². The van der Waals surface area contributed by atoms with E-state index in [4.69, 9.17) is 11.6 Å². The molecule has 2 aromatic carbocycles. The number of hydrogen-bond acceptors (Lipinski definition) is 2. The third kappa shape index (κ3) is 2.98. The van der Waals surface area contributed by atoms with Crippen LogP contribution in [0.2, 0.25) is 5.02 Å². The lowest BCUT2D eigenvalue weighted by molar-refractivity contribution is 0.561. The summed E-state index contributed by atoms with van der Waals surface area (Å²) in [7, 11) is 0. The summed E-state index contributed by atoms with van der Waals surface area (Å²) in [4.78, 5) is 4.33. The zero-order chi connectivity index (χ0) is 17.4. The minimum atomic E-state index is -0.601. The molecule has 0 aliphatic rings. The van der Waals surface area contributed by atoms with E-state index in [0.29, 0.717) is 22.0 Å². The van der Waals surface area contributed by atoms with Crippen LogP contribution in [0.3, 0.4) is 0 Å². The van der Waals surface area contributed by atoms with Crippen LogP contribution in [0.15, 0.2) is 60.8 Å². The van der Waals surface area contributed by atoms with E-state index in [0.717, 1.165) is 17.0 Å². The molecular formula is C19H12ClF2N3. The van der Waals surface area contributed by atoms with Crippen molar-refractivity contribution in [3.05, 3.63) is 83.0 Å². The summed E-state index contributed by atoms with van der Waals surface area (Å²) in [5, 5.41) is 6.05. The first-order chi connectivity index (χ1) is 12.1. The standard InChI is InChI=1S/C19H12ClF2N3/c20-13-7-8-23-17(9-13)19-15-3-1-2-4-18(15)25(24-19)11-12-5-6-14(21)10-16(12)22/h1-10H,11H2. The van der Waals surface area contributed by atoms with Crippen molar-refractivity contribution in [3.63, 3.8) is 0 Å². The van der Waals surface area contributed by atoms with Crippen LogP contribution in [0.4, 0.5) is 8.78 Å². The Labute approximate surface area is 147 Å². The predicted molar refractivity (Wildman–Crippen MR) is 93.4 cm³/mol. The van der Waals surface area contributed by atoms with Crippen LogP contribution in [-0.4, -0.2) is 14.8 Å². The molecule has 0 atom stereocenters. The highest BCUT2D eigenvalue weighted by Gasteiger charge is 2.15. The number of hydrogen-bond donors (Lipinski definition) is 0. The maximum Gasteiger partial charge on any atom is 0.131 e. The average molecular weight is 356 g/mol. The molecule has 2 heterocycles. The minimum Gasteiger partial charge on any atom is -0.260 e. The molecule has 124 valence electrons. The van der Waals surface area contributed by atoms with Crippen LogP contribution >= 0.6 is 11.6 Å². The molecule has 6 heteroatoms. The number of rotatable bonds is 3. The SMILES string of the molecule is Fc1ccc(Cn2nc(-c3cc(Cl)ccn3)c3ccccc32)c(F)c1. The number of para-hydroxylation sites is 1. The van der Waals surface area contributed by atoms with Gasteiger partial charge in [-0.05, 0) is 24.3 Å². The van der Waals surface area contributed by atoms with E-state index >= 15 is 0 Å². The monoisotopic (exact) mass is 355 g/mol. The summed E-state index contributed by atoms with van der Waals surface area (Å²) in [6, 6.07) is 14.6. The zero-order valence-electron chi connectivity index (χ0n) is 13.0. The molecule has 0 aliphatic carbocycles. The Hall–Kier alpha value is -2.79. The van der Waals surface area contributed by atoms with Gasteiger partial charge in [-0.25, -0.2) is 8.78 Å². The normalized spacial score (nSPS) is 11.2. The molecule has 0 amide bonds. The maximum atomic E-state index is 14.0. The Kier molecular flexibility index (Phi) is 3.93. The summed E-state index contributed by atoms with van der Waals surface area (Å²) in [6.45, 7) is 0.188. The largest absolute Gasteiger partial charge is 0.260 e. The smallest absolute Gasteiger partial charge is 0.131 e. The van der Waals surface area contributed by atoms with Gasteiger partial charge in [0.2, 0.25) is 0 Å².